The molecule has 0 atom stereocenters. The molecule has 0 aliphatic rings. The van der Waals surface area contributed by atoms with Crippen LogP contribution in [-0.4, -0.2) is 29.4 Å². The number of hydrogen-bond acceptors (Lipinski definition) is 6. The molecule has 0 fully saturated rings. The highest BCUT2D eigenvalue weighted by Crippen LogP contribution is 2.20. The predicted molar refractivity (Wildman–Crippen MR) is 111 cm³/mol. The average Bonchev–Trinajstić information content (AvgIpc) is 3.37. The Balaban J connectivity index is 0.00000192. The lowest BCUT2D eigenvalue weighted by atomic mass is 10.3. The van der Waals surface area contributed by atoms with Gasteiger partial charge in [-0.2, -0.15) is 9.61 Å². The summed E-state index contributed by atoms with van der Waals surface area (Å²) >= 11 is 7.35. The molecule has 0 saturated carbocycles. The van der Waals surface area contributed by atoms with Crippen molar-refractivity contribution in [2.45, 2.75) is 13.2 Å². The van der Waals surface area contributed by atoms with Crippen LogP contribution in [0, 0.1) is 0 Å². The van der Waals surface area contributed by atoms with Crippen LogP contribution in [0.5, 0.6) is 5.75 Å². The Bertz CT molecular complexity index is 1230. The second-order valence-electron chi connectivity index (χ2n) is 5.91. The van der Waals surface area contributed by atoms with Gasteiger partial charge in [-0.15, -0.1) is 22.6 Å². The lowest BCUT2D eigenvalue weighted by Crippen LogP contribution is -2.05. The van der Waals surface area contributed by atoms with Gasteiger partial charge in [0, 0.05) is 5.02 Å². The number of nitrogens with zero attached hydrogens (tertiary/aromatic N) is 6. The maximum atomic E-state index is 5.89. The van der Waals surface area contributed by atoms with E-state index in [0.29, 0.717) is 18.2 Å². The molecule has 3 aromatic heterocycles. The normalized spacial score (nSPS) is 11.0. The summed E-state index contributed by atoms with van der Waals surface area (Å²) in [6.07, 6.45) is 1.81. The molecule has 3 heterocycles. The third kappa shape index (κ3) is 3.54. The monoisotopic (exact) mass is 432 g/mol. The van der Waals surface area contributed by atoms with Crippen molar-refractivity contribution in [3.8, 4) is 5.75 Å². The molecule has 0 bridgehead atoms. The smallest absolute Gasteiger partial charge is 0.234 e. The molecule has 0 amide bonds. The molecule has 5 rings (SSSR count). The van der Waals surface area contributed by atoms with Gasteiger partial charge >= 0.3 is 0 Å². The summed E-state index contributed by atoms with van der Waals surface area (Å²) in [4.78, 5) is 5.15. The quantitative estimate of drug-likeness (QED) is 0.415. The molecule has 0 spiro atoms. The van der Waals surface area contributed by atoms with Crippen molar-refractivity contribution in [1.82, 2.24) is 29.4 Å². The molecule has 0 saturated heterocycles. The van der Waals surface area contributed by atoms with E-state index in [-0.39, 0.29) is 12.4 Å². The molecule has 2 aromatic carbocycles. The number of fused-ring (bicyclic) bond motifs is 2. The first-order valence-electron chi connectivity index (χ1n) is 8.24. The Hall–Kier alpha value is -2.68. The van der Waals surface area contributed by atoms with Crippen LogP contribution in [-0.2, 0) is 13.2 Å². The number of hydrogen-bond donors (Lipinski definition) is 0. The summed E-state index contributed by atoms with van der Waals surface area (Å²) in [6.45, 7) is 0.909. The maximum Gasteiger partial charge on any atom is 0.234 e. The zero-order valence-electron chi connectivity index (χ0n) is 14.4. The van der Waals surface area contributed by atoms with Gasteiger partial charge < -0.3 is 9.30 Å². The summed E-state index contributed by atoms with van der Waals surface area (Å²) in [7, 11) is 0. The Morgan fingerprint density at radius 3 is 2.71 bits per heavy atom. The summed E-state index contributed by atoms with van der Waals surface area (Å²) < 4.78 is 9.56. The summed E-state index contributed by atoms with van der Waals surface area (Å²) in [6, 6.07) is 15.2. The van der Waals surface area contributed by atoms with E-state index in [1.165, 1.54) is 11.3 Å². The van der Waals surface area contributed by atoms with E-state index >= 15 is 0 Å². The van der Waals surface area contributed by atoms with Crippen LogP contribution in [0.15, 0.2) is 54.9 Å². The molecule has 0 aliphatic heterocycles. The largest absolute Gasteiger partial charge is 0.486 e. The van der Waals surface area contributed by atoms with Crippen molar-refractivity contribution in [1.29, 1.82) is 0 Å². The Morgan fingerprint density at radius 2 is 1.86 bits per heavy atom. The first-order chi connectivity index (χ1) is 13.3. The first-order valence-corrected chi connectivity index (χ1v) is 9.44. The number of imidazole rings is 1. The third-order valence-electron chi connectivity index (χ3n) is 4.11. The molecule has 7 nitrogen and oxygen atoms in total. The molecular weight excluding hydrogens is 419 g/mol. The van der Waals surface area contributed by atoms with Gasteiger partial charge in [0.1, 0.15) is 12.4 Å². The van der Waals surface area contributed by atoms with Gasteiger partial charge in [-0.05, 0) is 36.4 Å². The van der Waals surface area contributed by atoms with Crippen molar-refractivity contribution in [2.75, 3.05) is 0 Å². The van der Waals surface area contributed by atoms with Crippen LogP contribution in [0.1, 0.15) is 10.8 Å². The highest BCUT2D eigenvalue weighted by Gasteiger charge is 2.13. The molecule has 0 N–H and O–H groups in total. The number of benzene rings is 2. The van der Waals surface area contributed by atoms with Gasteiger partial charge in [-0.25, -0.2) is 4.98 Å². The number of aromatic nitrogens is 6. The topological polar surface area (TPSA) is 70.1 Å². The summed E-state index contributed by atoms with van der Waals surface area (Å²) in [5.74, 6) is 1.50. The van der Waals surface area contributed by atoms with E-state index < -0.39 is 0 Å². The van der Waals surface area contributed by atoms with Crippen LogP contribution in [0.3, 0.4) is 0 Å². The molecule has 10 heteroatoms. The average molecular weight is 433 g/mol. The highest BCUT2D eigenvalue weighted by molar-refractivity contribution is 7.16. The van der Waals surface area contributed by atoms with Crippen molar-refractivity contribution < 1.29 is 4.74 Å². The summed E-state index contributed by atoms with van der Waals surface area (Å²) in [5, 5.41) is 14.6. The molecule has 5 aromatic rings. The molecule has 28 heavy (non-hydrogen) atoms. The Morgan fingerprint density at radius 1 is 1.04 bits per heavy atom. The van der Waals surface area contributed by atoms with E-state index in [0.717, 1.165) is 32.6 Å². The van der Waals surface area contributed by atoms with Crippen molar-refractivity contribution in [2.24, 2.45) is 0 Å². The van der Waals surface area contributed by atoms with E-state index in [9.17, 15) is 0 Å². The van der Waals surface area contributed by atoms with Crippen molar-refractivity contribution >= 4 is 51.3 Å². The minimum atomic E-state index is 0. The van der Waals surface area contributed by atoms with Gasteiger partial charge in [-0.1, -0.05) is 35.1 Å². The van der Waals surface area contributed by atoms with Crippen LogP contribution in [0.25, 0.3) is 16.0 Å². The number of ether oxygens (including phenoxy) is 1. The van der Waals surface area contributed by atoms with E-state index in [4.69, 9.17) is 16.3 Å². The lowest BCUT2D eigenvalue weighted by molar-refractivity contribution is 0.304. The van der Waals surface area contributed by atoms with Crippen LogP contribution < -0.4 is 4.74 Å². The van der Waals surface area contributed by atoms with Gasteiger partial charge in [-0.3, -0.25) is 0 Å². The van der Waals surface area contributed by atoms with Crippen LogP contribution in [0.4, 0.5) is 0 Å². The summed E-state index contributed by atoms with van der Waals surface area (Å²) in [5.41, 5.74) is 2.00. The number of rotatable bonds is 5. The van der Waals surface area contributed by atoms with Crippen LogP contribution >= 0.6 is 35.3 Å². The van der Waals surface area contributed by atoms with Gasteiger partial charge in [0.05, 0.1) is 23.9 Å². The first kappa shape index (κ1) is 18.7. The molecular formula is C18H14Cl2N6OS. The Kier molecular flexibility index (Phi) is 5.17. The fourth-order valence-corrected chi connectivity index (χ4v) is 3.71. The van der Waals surface area contributed by atoms with E-state index in [2.05, 4.69) is 20.3 Å². The van der Waals surface area contributed by atoms with Gasteiger partial charge in [0.15, 0.2) is 10.8 Å². The molecule has 0 radical (unpaired) electrons. The Labute approximate surface area is 175 Å². The maximum absolute atomic E-state index is 5.89. The minimum absolute atomic E-state index is 0. The van der Waals surface area contributed by atoms with Gasteiger partial charge in [0.25, 0.3) is 0 Å². The molecule has 0 unspecified atom stereocenters. The predicted octanol–water partition coefficient (Wildman–Crippen LogP) is 4.24. The number of para-hydroxylation sites is 2. The van der Waals surface area contributed by atoms with Crippen LogP contribution in [0.2, 0.25) is 5.02 Å². The SMILES string of the molecule is Cl.Clc1ccc(OCc2nn3c(Cn4cnc5ccccc54)nnc3s2)cc1. The van der Waals surface area contributed by atoms with E-state index in [1.54, 1.807) is 16.6 Å². The van der Waals surface area contributed by atoms with Gasteiger partial charge in [0.2, 0.25) is 4.96 Å². The van der Waals surface area contributed by atoms with Crippen molar-refractivity contribution in [3.05, 3.63) is 70.7 Å². The number of halogens is 2. The van der Waals surface area contributed by atoms with E-state index in [1.807, 2.05) is 47.3 Å². The fourth-order valence-electron chi connectivity index (χ4n) is 2.82. The third-order valence-corrected chi connectivity index (χ3v) is 5.24. The zero-order chi connectivity index (χ0) is 18.2. The lowest BCUT2D eigenvalue weighted by Gasteiger charge is -2.03. The second kappa shape index (κ2) is 7.75. The standard InChI is InChI=1S/C18H13ClN6OS.ClH/c19-12-5-7-13(8-6-12)26-10-17-23-25-16(21-22-18(25)27-17)9-24-11-20-14-3-1-2-4-15(14)24;/h1-8,11H,9-10H2;1H. The molecule has 142 valence electrons. The molecule has 0 aliphatic carbocycles. The second-order valence-corrected chi connectivity index (χ2v) is 7.39. The van der Waals surface area contributed by atoms with Crippen molar-refractivity contribution in [3.63, 3.8) is 0 Å². The zero-order valence-corrected chi connectivity index (χ0v) is 16.8. The fraction of sp³-hybridized carbons (Fsp3) is 0.111. The highest BCUT2D eigenvalue weighted by atomic mass is 35.5. The minimum Gasteiger partial charge on any atom is -0.486 e.